The molecular weight excluding hydrogens is 669 g/mol. The Morgan fingerprint density at radius 2 is 0.685 bits per heavy atom. The van der Waals surface area contributed by atoms with Crippen LogP contribution in [0.4, 0.5) is 0 Å². The first-order valence-electron chi connectivity index (χ1n) is 22.5. The average molecular weight is 753 g/mol. The lowest BCUT2D eigenvalue weighted by atomic mass is 10.0. The van der Waals surface area contributed by atoms with Crippen molar-refractivity contribution in [2.75, 3.05) is 13.2 Å². The molecule has 0 unspecified atom stereocenters. The molecule has 0 aliphatic heterocycles. The summed E-state index contributed by atoms with van der Waals surface area (Å²) in [4.78, 5) is 24.0. The minimum absolute atomic E-state index is 0.142. The van der Waals surface area contributed by atoms with Crippen LogP contribution in [-0.2, 0) is 19.1 Å². The SMILES string of the molecule is CCCCC/C=C\C/C=C\C/C=C\C/C=C\C/C=C\CCC(=O)OC[C@H](O)COC(=O)CCCCCCCCCCCCC/C=C\CCCCCCCC. The third kappa shape index (κ3) is 43.7. The topological polar surface area (TPSA) is 72.8 Å². The summed E-state index contributed by atoms with van der Waals surface area (Å²) in [6.07, 6.45) is 59.8. The van der Waals surface area contributed by atoms with E-state index in [1.54, 1.807) is 0 Å². The van der Waals surface area contributed by atoms with Crippen LogP contribution in [0.3, 0.4) is 0 Å². The number of allylic oxidation sites excluding steroid dienone is 12. The Balaban J connectivity index is 3.53. The van der Waals surface area contributed by atoms with Gasteiger partial charge in [0.2, 0.25) is 0 Å². The van der Waals surface area contributed by atoms with Crippen molar-refractivity contribution >= 4 is 11.9 Å². The third-order valence-corrected chi connectivity index (χ3v) is 9.43. The van der Waals surface area contributed by atoms with Gasteiger partial charge in [-0.15, -0.1) is 0 Å². The van der Waals surface area contributed by atoms with Gasteiger partial charge in [-0.25, -0.2) is 0 Å². The summed E-state index contributed by atoms with van der Waals surface area (Å²) in [7, 11) is 0. The third-order valence-electron chi connectivity index (χ3n) is 9.43. The van der Waals surface area contributed by atoms with Crippen LogP contribution >= 0.6 is 0 Å². The van der Waals surface area contributed by atoms with E-state index < -0.39 is 6.10 Å². The highest BCUT2D eigenvalue weighted by Crippen LogP contribution is 2.14. The fourth-order valence-corrected chi connectivity index (χ4v) is 6.00. The maximum absolute atomic E-state index is 12.0. The molecule has 0 aromatic carbocycles. The summed E-state index contributed by atoms with van der Waals surface area (Å²) in [5.41, 5.74) is 0. The van der Waals surface area contributed by atoms with Crippen LogP contribution in [-0.4, -0.2) is 36.4 Å². The Morgan fingerprint density at radius 1 is 0.389 bits per heavy atom. The summed E-state index contributed by atoms with van der Waals surface area (Å²) in [5.74, 6) is -0.659. The first-order valence-corrected chi connectivity index (χ1v) is 22.5. The molecule has 0 aliphatic carbocycles. The molecule has 1 N–H and O–H groups in total. The first kappa shape index (κ1) is 51.3. The van der Waals surface area contributed by atoms with Crippen molar-refractivity contribution in [1.82, 2.24) is 0 Å². The zero-order chi connectivity index (χ0) is 39.3. The molecule has 5 heteroatoms. The van der Waals surface area contributed by atoms with Crippen molar-refractivity contribution < 1.29 is 24.2 Å². The number of unbranched alkanes of at least 4 members (excludes halogenated alkanes) is 20. The minimum atomic E-state index is -0.998. The van der Waals surface area contributed by atoms with Crippen molar-refractivity contribution in [3.63, 3.8) is 0 Å². The van der Waals surface area contributed by atoms with Gasteiger partial charge in [-0.1, -0.05) is 189 Å². The van der Waals surface area contributed by atoms with E-state index >= 15 is 0 Å². The summed E-state index contributed by atoms with van der Waals surface area (Å²) < 4.78 is 10.3. The van der Waals surface area contributed by atoms with Gasteiger partial charge in [0.15, 0.2) is 0 Å². The van der Waals surface area contributed by atoms with Crippen LogP contribution in [0.25, 0.3) is 0 Å². The van der Waals surface area contributed by atoms with Crippen molar-refractivity contribution in [2.24, 2.45) is 0 Å². The molecule has 1 atom stereocenters. The predicted octanol–water partition coefficient (Wildman–Crippen LogP) is 14.5. The Hall–Kier alpha value is -2.66. The maximum Gasteiger partial charge on any atom is 0.306 e. The number of aliphatic hydroxyl groups is 1. The standard InChI is InChI=1S/C49H84O5/c1-3-5-7-9-11-13-15-17-19-21-23-24-26-28-30-32-34-36-38-40-42-44-49(52)54-46-47(50)45-53-48(51)43-41-39-37-35-33-31-29-27-25-22-20-18-16-14-12-10-8-6-4-2/h12,14,17-20,25,27,31,33,37,39,47,50H,3-11,13,15-16,21-24,26,28-30,32,34-36,38,40-46H2,1-2H3/b14-12-,19-17-,20-18-,27-25-,33-31-,39-37-/t47-/m0/s1. The maximum atomic E-state index is 12.0. The second kappa shape index (κ2) is 44.7. The van der Waals surface area contributed by atoms with E-state index in [0.29, 0.717) is 12.8 Å². The second-order valence-electron chi connectivity index (χ2n) is 14.8. The molecule has 0 aliphatic rings. The quantitative estimate of drug-likeness (QED) is 0.0383. The summed E-state index contributed by atoms with van der Waals surface area (Å²) in [6, 6.07) is 0. The number of carbonyl (C=O) groups excluding carboxylic acids is 2. The normalized spacial score (nSPS) is 12.9. The molecule has 0 radical (unpaired) electrons. The van der Waals surface area contributed by atoms with E-state index in [0.717, 1.165) is 44.9 Å². The zero-order valence-electron chi connectivity index (χ0n) is 35.2. The van der Waals surface area contributed by atoms with Gasteiger partial charge in [0.05, 0.1) is 0 Å². The van der Waals surface area contributed by atoms with Crippen molar-refractivity contribution in [1.29, 1.82) is 0 Å². The van der Waals surface area contributed by atoms with Gasteiger partial charge < -0.3 is 14.6 Å². The molecule has 0 heterocycles. The first-order chi connectivity index (χ1) is 26.6. The van der Waals surface area contributed by atoms with Crippen LogP contribution in [0.1, 0.15) is 206 Å². The Labute approximate surface area is 333 Å². The van der Waals surface area contributed by atoms with Gasteiger partial charge in [0, 0.05) is 12.8 Å². The summed E-state index contributed by atoms with van der Waals surface area (Å²) in [6.45, 7) is 4.21. The van der Waals surface area contributed by atoms with E-state index in [4.69, 9.17) is 9.47 Å². The van der Waals surface area contributed by atoms with Crippen LogP contribution in [0.2, 0.25) is 0 Å². The molecule has 5 nitrogen and oxygen atoms in total. The van der Waals surface area contributed by atoms with Crippen molar-refractivity contribution in [3.8, 4) is 0 Å². The minimum Gasteiger partial charge on any atom is -0.463 e. The zero-order valence-corrected chi connectivity index (χ0v) is 35.2. The fourth-order valence-electron chi connectivity index (χ4n) is 6.00. The van der Waals surface area contributed by atoms with E-state index in [9.17, 15) is 14.7 Å². The monoisotopic (exact) mass is 753 g/mol. The Bertz CT molecular complexity index is 988. The van der Waals surface area contributed by atoms with E-state index in [1.165, 1.54) is 128 Å². The van der Waals surface area contributed by atoms with E-state index in [-0.39, 0.29) is 31.6 Å². The average Bonchev–Trinajstić information content (AvgIpc) is 3.17. The summed E-state index contributed by atoms with van der Waals surface area (Å²) >= 11 is 0. The highest BCUT2D eigenvalue weighted by Gasteiger charge is 2.11. The molecule has 0 spiro atoms. The van der Waals surface area contributed by atoms with Gasteiger partial charge >= 0.3 is 11.9 Å². The van der Waals surface area contributed by atoms with E-state index in [1.807, 2.05) is 12.2 Å². The van der Waals surface area contributed by atoms with E-state index in [2.05, 4.69) is 74.6 Å². The smallest absolute Gasteiger partial charge is 0.306 e. The second-order valence-corrected chi connectivity index (χ2v) is 14.8. The van der Waals surface area contributed by atoms with Gasteiger partial charge in [-0.05, 0) is 77.0 Å². The number of rotatable bonds is 40. The highest BCUT2D eigenvalue weighted by atomic mass is 16.6. The Kier molecular flexibility index (Phi) is 42.5. The molecule has 0 saturated carbocycles. The van der Waals surface area contributed by atoms with Crippen LogP contribution in [0.5, 0.6) is 0 Å². The molecule has 0 amide bonds. The molecule has 0 bridgehead atoms. The van der Waals surface area contributed by atoms with Gasteiger partial charge in [0.25, 0.3) is 0 Å². The molecular formula is C49H84O5. The number of hydrogen-bond donors (Lipinski definition) is 1. The molecule has 0 saturated heterocycles. The number of ether oxygens (including phenoxy) is 2. The summed E-state index contributed by atoms with van der Waals surface area (Å²) in [5, 5.41) is 10.0. The van der Waals surface area contributed by atoms with Crippen LogP contribution in [0.15, 0.2) is 72.9 Å². The number of carbonyl (C=O) groups is 2. The molecule has 54 heavy (non-hydrogen) atoms. The van der Waals surface area contributed by atoms with Crippen molar-refractivity contribution in [2.45, 2.75) is 213 Å². The molecule has 0 aromatic heterocycles. The predicted molar refractivity (Wildman–Crippen MR) is 233 cm³/mol. The lowest BCUT2D eigenvalue weighted by Crippen LogP contribution is -2.25. The van der Waals surface area contributed by atoms with Crippen LogP contribution < -0.4 is 0 Å². The lowest BCUT2D eigenvalue weighted by Gasteiger charge is -2.12. The Morgan fingerprint density at radius 3 is 1.13 bits per heavy atom. The molecule has 0 rings (SSSR count). The van der Waals surface area contributed by atoms with Gasteiger partial charge in [-0.3, -0.25) is 9.59 Å². The molecule has 0 aromatic rings. The number of esters is 2. The van der Waals surface area contributed by atoms with Crippen molar-refractivity contribution in [3.05, 3.63) is 72.9 Å². The molecule has 310 valence electrons. The number of aliphatic hydroxyl groups excluding tert-OH is 1. The highest BCUT2D eigenvalue weighted by molar-refractivity contribution is 5.70. The lowest BCUT2D eigenvalue weighted by molar-refractivity contribution is -0.152. The number of hydrogen-bond acceptors (Lipinski definition) is 5. The van der Waals surface area contributed by atoms with Gasteiger partial charge in [0.1, 0.15) is 19.3 Å². The fraction of sp³-hybridized carbons (Fsp3) is 0.714. The largest absolute Gasteiger partial charge is 0.463 e. The van der Waals surface area contributed by atoms with Crippen LogP contribution in [0, 0.1) is 0 Å². The van der Waals surface area contributed by atoms with Gasteiger partial charge in [-0.2, -0.15) is 0 Å². The molecule has 0 fully saturated rings.